The van der Waals surface area contributed by atoms with Gasteiger partial charge in [0.1, 0.15) is 5.76 Å². The van der Waals surface area contributed by atoms with Crippen LogP contribution in [0.2, 0.25) is 0 Å². The molecule has 1 amide bonds. The zero-order chi connectivity index (χ0) is 13.9. The number of rotatable bonds is 4. The fraction of sp³-hybridized carbons (Fsp3) is 0.667. The minimum Gasteiger partial charge on any atom is -0.467 e. The van der Waals surface area contributed by atoms with Crippen molar-refractivity contribution in [1.82, 2.24) is 10.3 Å². The van der Waals surface area contributed by atoms with Gasteiger partial charge in [-0.15, -0.1) is 0 Å². The lowest BCUT2D eigenvalue weighted by Gasteiger charge is -2.28. The normalized spacial score (nSPS) is 24.4. The van der Waals surface area contributed by atoms with Gasteiger partial charge in [-0.05, 0) is 44.2 Å². The van der Waals surface area contributed by atoms with E-state index in [9.17, 15) is 4.79 Å². The largest absolute Gasteiger partial charge is 0.467 e. The Morgan fingerprint density at radius 1 is 1.35 bits per heavy atom. The molecule has 5 nitrogen and oxygen atoms in total. The quantitative estimate of drug-likeness (QED) is 0.502. The van der Waals surface area contributed by atoms with Crippen molar-refractivity contribution in [3.8, 4) is 0 Å². The average molecular weight is 277 g/mol. The van der Waals surface area contributed by atoms with E-state index in [4.69, 9.17) is 10.3 Å². The molecule has 1 aliphatic carbocycles. The lowest BCUT2D eigenvalue weighted by atomic mass is 9.96. The molecule has 3 N–H and O–H groups in total. The van der Waals surface area contributed by atoms with E-state index >= 15 is 0 Å². The van der Waals surface area contributed by atoms with E-state index < -0.39 is 0 Å². The summed E-state index contributed by atoms with van der Waals surface area (Å²) in [7, 11) is 0. The lowest BCUT2D eigenvalue weighted by Crippen LogP contribution is -2.35. The number of nitrogen functional groups attached to an aromatic ring is 1. The summed E-state index contributed by atoms with van der Waals surface area (Å²) >= 11 is 0. The Bertz CT molecular complexity index is 465. The third-order valence-corrected chi connectivity index (χ3v) is 4.83. The van der Waals surface area contributed by atoms with Crippen LogP contribution in [0.5, 0.6) is 0 Å². The first-order chi connectivity index (χ1) is 9.79. The molecule has 0 radical (unpaired) electrons. The Hall–Kier alpha value is -1.33. The van der Waals surface area contributed by atoms with Crippen molar-refractivity contribution in [2.45, 2.75) is 51.1 Å². The van der Waals surface area contributed by atoms with Crippen molar-refractivity contribution in [3.63, 3.8) is 0 Å². The number of nitrogens with zero attached hydrogens (tertiary/aromatic N) is 1. The first-order valence-corrected chi connectivity index (χ1v) is 7.61. The van der Waals surface area contributed by atoms with Crippen LogP contribution in [-0.2, 0) is 6.54 Å². The maximum atomic E-state index is 11.7. The molecule has 1 aliphatic heterocycles. The van der Waals surface area contributed by atoms with Gasteiger partial charge in [-0.2, -0.15) is 0 Å². The number of hydrogen-bond acceptors (Lipinski definition) is 4. The number of hydrazine groups is 1. The zero-order valence-corrected chi connectivity index (χ0v) is 11.8. The van der Waals surface area contributed by atoms with Gasteiger partial charge in [-0.25, -0.2) is 5.84 Å². The number of hydrogen-bond donors (Lipinski definition) is 2. The summed E-state index contributed by atoms with van der Waals surface area (Å²) in [6, 6.07) is 2.36. The molecule has 2 aliphatic rings. The lowest BCUT2D eigenvalue weighted by molar-refractivity contribution is 0.0948. The Balaban J connectivity index is 1.70. The molecule has 1 atom stereocenters. The predicted molar refractivity (Wildman–Crippen MR) is 75.8 cm³/mol. The van der Waals surface area contributed by atoms with Gasteiger partial charge >= 0.3 is 0 Å². The summed E-state index contributed by atoms with van der Waals surface area (Å²) in [6.07, 6.45) is 9.56. The van der Waals surface area contributed by atoms with E-state index in [1.807, 2.05) is 0 Å². The minimum atomic E-state index is -0.273. The fourth-order valence-corrected chi connectivity index (χ4v) is 3.85. The van der Waals surface area contributed by atoms with Crippen molar-refractivity contribution >= 4 is 5.91 Å². The molecule has 2 heterocycles. The van der Waals surface area contributed by atoms with Crippen LogP contribution in [0.15, 0.2) is 16.7 Å². The topological polar surface area (TPSA) is 71.5 Å². The van der Waals surface area contributed by atoms with Gasteiger partial charge in [0.05, 0.1) is 18.4 Å². The summed E-state index contributed by atoms with van der Waals surface area (Å²) in [4.78, 5) is 14.2. The smallest absolute Gasteiger partial charge is 0.268 e. The number of nitrogens with two attached hydrogens (primary N) is 1. The highest BCUT2D eigenvalue weighted by Gasteiger charge is 2.34. The molecular formula is C15H23N3O2. The van der Waals surface area contributed by atoms with Crippen molar-refractivity contribution in [3.05, 3.63) is 23.7 Å². The fourth-order valence-electron chi connectivity index (χ4n) is 3.85. The number of likely N-dealkylation sites (tertiary alicyclic amines) is 1. The minimum absolute atomic E-state index is 0.273. The summed E-state index contributed by atoms with van der Waals surface area (Å²) in [5.74, 6) is 6.51. The van der Waals surface area contributed by atoms with Crippen LogP contribution in [0.1, 0.15) is 54.6 Å². The summed E-state index contributed by atoms with van der Waals surface area (Å²) in [5, 5.41) is 0. The monoisotopic (exact) mass is 277 g/mol. The standard InChI is InChI=1S/C15H23N3O2/c16-17-15(19)12-7-9-20-14(12)10-18-8-3-6-13(18)11-4-1-2-5-11/h7,9,11,13H,1-6,8,10,16H2,(H,17,19). The van der Waals surface area contributed by atoms with E-state index in [1.165, 1.54) is 38.5 Å². The van der Waals surface area contributed by atoms with Gasteiger partial charge in [0.15, 0.2) is 0 Å². The van der Waals surface area contributed by atoms with Crippen LogP contribution < -0.4 is 11.3 Å². The Morgan fingerprint density at radius 2 is 2.15 bits per heavy atom. The van der Waals surface area contributed by atoms with Crippen LogP contribution in [0, 0.1) is 5.92 Å². The highest BCUT2D eigenvalue weighted by molar-refractivity contribution is 5.94. The first-order valence-electron chi connectivity index (χ1n) is 7.61. The SMILES string of the molecule is NNC(=O)c1ccoc1CN1CCCC1C1CCCC1. The van der Waals surface area contributed by atoms with Crippen LogP contribution in [0.4, 0.5) is 0 Å². The van der Waals surface area contributed by atoms with E-state index in [-0.39, 0.29) is 5.91 Å². The Morgan fingerprint density at radius 3 is 2.90 bits per heavy atom. The van der Waals surface area contributed by atoms with E-state index in [1.54, 1.807) is 12.3 Å². The van der Waals surface area contributed by atoms with Crippen molar-refractivity contribution in [2.75, 3.05) is 6.54 Å². The second-order valence-corrected chi connectivity index (χ2v) is 5.96. The third kappa shape index (κ3) is 2.60. The molecule has 1 unspecified atom stereocenters. The molecule has 0 aromatic carbocycles. The number of nitrogens with one attached hydrogen (secondary N) is 1. The second-order valence-electron chi connectivity index (χ2n) is 5.96. The average Bonchev–Trinajstić information content (AvgIpc) is 3.19. The van der Waals surface area contributed by atoms with Crippen LogP contribution in [-0.4, -0.2) is 23.4 Å². The van der Waals surface area contributed by atoms with Crippen LogP contribution >= 0.6 is 0 Å². The van der Waals surface area contributed by atoms with Crippen molar-refractivity contribution in [2.24, 2.45) is 11.8 Å². The molecule has 1 aromatic heterocycles. The molecule has 1 aromatic rings. The maximum absolute atomic E-state index is 11.7. The Kier molecular flexibility index (Phi) is 4.08. The third-order valence-electron chi connectivity index (χ3n) is 4.83. The van der Waals surface area contributed by atoms with Gasteiger partial charge < -0.3 is 4.42 Å². The van der Waals surface area contributed by atoms with Gasteiger partial charge in [0.2, 0.25) is 0 Å². The van der Waals surface area contributed by atoms with Gasteiger partial charge in [0.25, 0.3) is 5.91 Å². The maximum Gasteiger partial charge on any atom is 0.268 e. The number of amides is 1. The molecule has 1 saturated carbocycles. The van der Waals surface area contributed by atoms with E-state index in [0.717, 1.165) is 24.8 Å². The van der Waals surface area contributed by atoms with Crippen LogP contribution in [0.25, 0.3) is 0 Å². The first kappa shape index (κ1) is 13.6. The molecule has 110 valence electrons. The molecular weight excluding hydrogens is 254 g/mol. The molecule has 0 spiro atoms. The summed E-state index contributed by atoms with van der Waals surface area (Å²) < 4.78 is 5.50. The van der Waals surface area contributed by atoms with E-state index in [0.29, 0.717) is 11.6 Å². The number of carbonyl (C=O) groups is 1. The zero-order valence-electron chi connectivity index (χ0n) is 11.8. The van der Waals surface area contributed by atoms with Crippen LogP contribution in [0.3, 0.4) is 0 Å². The highest BCUT2D eigenvalue weighted by Crippen LogP contribution is 2.36. The van der Waals surface area contributed by atoms with Gasteiger partial charge in [-0.1, -0.05) is 12.8 Å². The number of furan rings is 1. The Labute approximate surface area is 119 Å². The summed E-state index contributed by atoms with van der Waals surface area (Å²) in [5.41, 5.74) is 2.74. The number of carbonyl (C=O) groups excluding carboxylic acids is 1. The molecule has 2 fully saturated rings. The van der Waals surface area contributed by atoms with E-state index in [2.05, 4.69) is 10.3 Å². The van der Waals surface area contributed by atoms with Gasteiger partial charge in [0, 0.05) is 6.04 Å². The van der Waals surface area contributed by atoms with Crippen molar-refractivity contribution in [1.29, 1.82) is 0 Å². The van der Waals surface area contributed by atoms with Gasteiger partial charge in [-0.3, -0.25) is 15.1 Å². The molecule has 5 heteroatoms. The molecule has 20 heavy (non-hydrogen) atoms. The predicted octanol–water partition coefficient (Wildman–Crippen LogP) is 2.04. The highest BCUT2D eigenvalue weighted by atomic mass is 16.3. The molecule has 0 bridgehead atoms. The summed E-state index contributed by atoms with van der Waals surface area (Å²) in [6.45, 7) is 1.82. The molecule has 1 saturated heterocycles. The van der Waals surface area contributed by atoms with Crippen molar-refractivity contribution < 1.29 is 9.21 Å². The second kappa shape index (κ2) is 5.97. The molecule has 3 rings (SSSR count).